The summed E-state index contributed by atoms with van der Waals surface area (Å²) < 4.78 is 0. The van der Waals surface area contributed by atoms with Crippen LogP contribution in [0.1, 0.15) is 0 Å². The van der Waals surface area contributed by atoms with Gasteiger partial charge in [-0.15, -0.1) is 0 Å². The predicted molar refractivity (Wildman–Crippen MR) is 67.1 cm³/mol. The molecular formula is C13H14N2O. The number of rotatable bonds is 4. The summed E-state index contributed by atoms with van der Waals surface area (Å²) in [6.45, 7) is 7.19. The molecule has 0 atom stereocenters. The summed E-state index contributed by atoms with van der Waals surface area (Å²) >= 11 is 0. The third-order valence-corrected chi connectivity index (χ3v) is 1.74. The first kappa shape index (κ1) is 11.8. The maximum Gasteiger partial charge on any atom is 0.323 e. The first-order valence-corrected chi connectivity index (χ1v) is 4.83. The number of hydrogen-bond donors (Lipinski definition) is 2. The second kappa shape index (κ2) is 6.24. The van der Waals surface area contributed by atoms with E-state index in [2.05, 4.69) is 23.8 Å². The quantitative estimate of drug-likeness (QED) is 0.743. The molecule has 0 saturated carbocycles. The van der Waals surface area contributed by atoms with Crippen LogP contribution in [0.5, 0.6) is 0 Å². The van der Waals surface area contributed by atoms with Gasteiger partial charge in [-0.25, -0.2) is 4.79 Å². The number of amides is 2. The zero-order valence-corrected chi connectivity index (χ0v) is 8.94. The van der Waals surface area contributed by atoms with Crippen LogP contribution in [0.3, 0.4) is 0 Å². The first-order chi connectivity index (χ1) is 7.72. The molecule has 16 heavy (non-hydrogen) atoms. The standard InChI is InChI=1S/C13H14N2O/c1-3-4-8-11(2)14-13(16)15-12-9-6-5-7-10-12/h3-10H,1-2H2,(H2,14,15,16)/b8-4-. The van der Waals surface area contributed by atoms with E-state index in [1.165, 1.54) is 0 Å². The van der Waals surface area contributed by atoms with Crippen molar-refractivity contribution in [1.29, 1.82) is 0 Å². The lowest BCUT2D eigenvalue weighted by atomic mass is 10.3. The van der Waals surface area contributed by atoms with Crippen LogP contribution < -0.4 is 10.6 Å². The molecule has 0 heterocycles. The summed E-state index contributed by atoms with van der Waals surface area (Å²) in [6, 6.07) is 8.88. The van der Waals surface area contributed by atoms with Crippen LogP contribution in [0.4, 0.5) is 10.5 Å². The predicted octanol–water partition coefficient (Wildman–Crippen LogP) is 3.06. The third-order valence-electron chi connectivity index (χ3n) is 1.74. The van der Waals surface area contributed by atoms with Crippen LogP contribution >= 0.6 is 0 Å². The molecule has 0 radical (unpaired) electrons. The second-order valence-electron chi connectivity index (χ2n) is 3.07. The molecule has 0 aliphatic rings. The van der Waals surface area contributed by atoms with Gasteiger partial charge < -0.3 is 10.6 Å². The molecule has 1 aromatic rings. The third kappa shape index (κ3) is 4.28. The van der Waals surface area contributed by atoms with E-state index in [-0.39, 0.29) is 6.03 Å². The minimum Gasteiger partial charge on any atom is -0.308 e. The number of carbonyl (C=O) groups excluding carboxylic acids is 1. The monoisotopic (exact) mass is 214 g/mol. The van der Waals surface area contributed by atoms with E-state index >= 15 is 0 Å². The smallest absolute Gasteiger partial charge is 0.308 e. The Kier molecular flexibility index (Phi) is 4.60. The molecule has 2 amide bonds. The van der Waals surface area contributed by atoms with E-state index in [9.17, 15) is 4.79 Å². The summed E-state index contributed by atoms with van der Waals surface area (Å²) in [7, 11) is 0. The molecule has 0 saturated heterocycles. The second-order valence-corrected chi connectivity index (χ2v) is 3.07. The van der Waals surface area contributed by atoms with Crippen molar-refractivity contribution in [1.82, 2.24) is 5.32 Å². The molecule has 1 aromatic carbocycles. The van der Waals surface area contributed by atoms with Crippen molar-refractivity contribution in [2.45, 2.75) is 0 Å². The van der Waals surface area contributed by atoms with Crippen LogP contribution in [0.15, 0.2) is 67.4 Å². The van der Waals surface area contributed by atoms with E-state index in [0.29, 0.717) is 5.70 Å². The number of nitrogens with one attached hydrogen (secondary N) is 2. The van der Waals surface area contributed by atoms with Crippen molar-refractivity contribution in [2.24, 2.45) is 0 Å². The Labute approximate surface area is 95.2 Å². The summed E-state index contributed by atoms with van der Waals surface area (Å²) in [4.78, 5) is 11.4. The topological polar surface area (TPSA) is 41.1 Å². The minimum absolute atomic E-state index is 0.315. The van der Waals surface area contributed by atoms with Crippen LogP contribution in [-0.4, -0.2) is 6.03 Å². The number of anilines is 1. The Balaban J connectivity index is 2.45. The largest absolute Gasteiger partial charge is 0.323 e. The Bertz CT molecular complexity index is 407. The molecule has 0 fully saturated rings. The van der Waals surface area contributed by atoms with Gasteiger partial charge in [-0.1, -0.05) is 43.5 Å². The average Bonchev–Trinajstić information content (AvgIpc) is 2.27. The van der Waals surface area contributed by atoms with Crippen molar-refractivity contribution in [2.75, 3.05) is 5.32 Å². The van der Waals surface area contributed by atoms with E-state index in [4.69, 9.17) is 0 Å². The molecule has 0 unspecified atom stereocenters. The van der Waals surface area contributed by atoms with Crippen molar-refractivity contribution in [3.63, 3.8) is 0 Å². The zero-order chi connectivity index (χ0) is 11.8. The molecule has 0 spiro atoms. The number of hydrogen-bond acceptors (Lipinski definition) is 1. The highest BCUT2D eigenvalue weighted by molar-refractivity contribution is 5.90. The van der Waals surface area contributed by atoms with E-state index in [1.807, 2.05) is 30.3 Å². The molecule has 2 N–H and O–H groups in total. The number of carbonyl (C=O) groups is 1. The van der Waals surface area contributed by atoms with Gasteiger partial charge in [-0.3, -0.25) is 0 Å². The summed E-state index contributed by atoms with van der Waals surface area (Å²) in [5, 5.41) is 5.26. The zero-order valence-electron chi connectivity index (χ0n) is 8.94. The lowest BCUT2D eigenvalue weighted by Crippen LogP contribution is -2.26. The minimum atomic E-state index is -0.315. The Hall–Kier alpha value is -2.29. The highest BCUT2D eigenvalue weighted by Gasteiger charge is 2.00. The first-order valence-electron chi connectivity index (χ1n) is 4.83. The number of para-hydroxylation sites is 1. The summed E-state index contributed by atoms with van der Waals surface area (Å²) in [6.07, 6.45) is 4.98. The average molecular weight is 214 g/mol. The maximum absolute atomic E-state index is 11.4. The molecule has 3 heteroatoms. The van der Waals surface area contributed by atoms with Crippen LogP contribution in [0, 0.1) is 0 Å². The van der Waals surface area contributed by atoms with Gasteiger partial charge in [0.1, 0.15) is 0 Å². The Morgan fingerprint density at radius 3 is 2.56 bits per heavy atom. The normalized spacial score (nSPS) is 9.75. The molecule has 1 rings (SSSR count). The van der Waals surface area contributed by atoms with Crippen molar-refractivity contribution >= 4 is 11.7 Å². The lowest BCUT2D eigenvalue weighted by molar-refractivity contribution is 0.254. The molecule has 0 aliphatic carbocycles. The number of benzene rings is 1. The number of urea groups is 1. The van der Waals surface area contributed by atoms with E-state index in [0.717, 1.165) is 5.69 Å². The molecule has 82 valence electrons. The highest BCUT2D eigenvalue weighted by Crippen LogP contribution is 2.04. The van der Waals surface area contributed by atoms with Crippen molar-refractivity contribution in [3.8, 4) is 0 Å². The van der Waals surface area contributed by atoms with Gasteiger partial charge in [-0.05, 0) is 18.2 Å². The lowest BCUT2D eigenvalue weighted by Gasteiger charge is -2.06. The van der Waals surface area contributed by atoms with Crippen LogP contribution in [0.2, 0.25) is 0 Å². The summed E-state index contributed by atoms with van der Waals surface area (Å²) in [5.41, 5.74) is 1.24. The fraction of sp³-hybridized carbons (Fsp3) is 0. The van der Waals surface area contributed by atoms with Gasteiger partial charge >= 0.3 is 6.03 Å². The van der Waals surface area contributed by atoms with Gasteiger partial charge in [0.2, 0.25) is 0 Å². The Morgan fingerprint density at radius 2 is 1.94 bits per heavy atom. The van der Waals surface area contributed by atoms with E-state index < -0.39 is 0 Å². The molecule has 0 aliphatic heterocycles. The number of allylic oxidation sites excluding steroid dienone is 3. The van der Waals surface area contributed by atoms with Crippen molar-refractivity contribution in [3.05, 3.63) is 67.4 Å². The highest BCUT2D eigenvalue weighted by atomic mass is 16.2. The van der Waals surface area contributed by atoms with Gasteiger partial charge in [-0.2, -0.15) is 0 Å². The molecular weight excluding hydrogens is 200 g/mol. The SMILES string of the molecule is C=C/C=C\C(=C)NC(=O)Nc1ccccc1. The van der Waals surface area contributed by atoms with Gasteiger partial charge in [0, 0.05) is 11.4 Å². The Morgan fingerprint density at radius 1 is 1.25 bits per heavy atom. The van der Waals surface area contributed by atoms with Crippen molar-refractivity contribution < 1.29 is 4.79 Å². The van der Waals surface area contributed by atoms with Gasteiger partial charge in [0.15, 0.2) is 0 Å². The van der Waals surface area contributed by atoms with Gasteiger partial charge in [0.25, 0.3) is 0 Å². The maximum atomic E-state index is 11.4. The van der Waals surface area contributed by atoms with E-state index in [1.54, 1.807) is 18.2 Å². The fourth-order valence-electron chi connectivity index (χ4n) is 1.06. The summed E-state index contributed by atoms with van der Waals surface area (Å²) in [5.74, 6) is 0. The molecule has 0 aromatic heterocycles. The molecule has 3 nitrogen and oxygen atoms in total. The van der Waals surface area contributed by atoms with Gasteiger partial charge in [0.05, 0.1) is 0 Å². The molecule has 0 bridgehead atoms. The van der Waals surface area contributed by atoms with Crippen LogP contribution in [-0.2, 0) is 0 Å². The van der Waals surface area contributed by atoms with Crippen LogP contribution in [0.25, 0.3) is 0 Å². The fourth-order valence-corrected chi connectivity index (χ4v) is 1.06.